The van der Waals surface area contributed by atoms with Gasteiger partial charge >= 0.3 is 0 Å². The van der Waals surface area contributed by atoms with Crippen molar-refractivity contribution in [3.8, 4) is 0 Å². The Bertz CT molecular complexity index is 330. The smallest absolute Gasteiger partial charge is 0.0188 e. The number of halogens is 1. The van der Waals surface area contributed by atoms with E-state index in [0.717, 1.165) is 12.3 Å². The molecular formula is C15H23Br. The van der Waals surface area contributed by atoms with E-state index in [9.17, 15) is 0 Å². The average molecular weight is 283 g/mol. The molecule has 16 heavy (non-hydrogen) atoms. The van der Waals surface area contributed by atoms with Crippen LogP contribution in [0.2, 0.25) is 0 Å². The van der Waals surface area contributed by atoms with Gasteiger partial charge in [0.1, 0.15) is 0 Å². The van der Waals surface area contributed by atoms with E-state index in [2.05, 4.69) is 61.8 Å². The molecule has 1 heteroatoms. The first-order valence-corrected chi connectivity index (χ1v) is 7.14. The third-order valence-corrected chi connectivity index (χ3v) is 4.00. The summed E-state index contributed by atoms with van der Waals surface area (Å²) in [6, 6.07) is 6.74. The van der Waals surface area contributed by atoms with E-state index in [0.29, 0.717) is 4.83 Å². The molecule has 2 unspecified atom stereocenters. The Morgan fingerprint density at radius 2 is 1.94 bits per heavy atom. The highest BCUT2D eigenvalue weighted by Crippen LogP contribution is 2.22. The van der Waals surface area contributed by atoms with Gasteiger partial charge in [0.05, 0.1) is 0 Å². The van der Waals surface area contributed by atoms with E-state index in [-0.39, 0.29) is 0 Å². The zero-order chi connectivity index (χ0) is 12.1. The molecule has 0 spiro atoms. The Morgan fingerprint density at radius 1 is 1.25 bits per heavy atom. The Morgan fingerprint density at radius 3 is 2.56 bits per heavy atom. The van der Waals surface area contributed by atoms with Crippen molar-refractivity contribution in [1.82, 2.24) is 0 Å². The molecule has 1 aromatic rings. The van der Waals surface area contributed by atoms with Crippen molar-refractivity contribution < 1.29 is 0 Å². The first kappa shape index (κ1) is 13.8. The van der Waals surface area contributed by atoms with Crippen molar-refractivity contribution in [3.05, 3.63) is 34.9 Å². The molecule has 1 aromatic carbocycles. The van der Waals surface area contributed by atoms with Gasteiger partial charge in [0.25, 0.3) is 0 Å². The van der Waals surface area contributed by atoms with Gasteiger partial charge in [-0.25, -0.2) is 0 Å². The number of rotatable bonds is 5. The van der Waals surface area contributed by atoms with Gasteiger partial charge in [0.15, 0.2) is 0 Å². The molecule has 0 saturated heterocycles. The SMILES string of the molecule is CCC(C)CC(Br)Cc1cc(C)ccc1C. The highest BCUT2D eigenvalue weighted by Gasteiger charge is 2.11. The lowest BCUT2D eigenvalue weighted by Crippen LogP contribution is -2.09. The van der Waals surface area contributed by atoms with Gasteiger partial charge in [0.2, 0.25) is 0 Å². The number of hydrogen-bond acceptors (Lipinski definition) is 0. The second-order valence-electron chi connectivity index (χ2n) is 4.98. The third-order valence-electron chi connectivity index (χ3n) is 3.30. The van der Waals surface area contributed by atoms with Gasteiger partial charge in [-0.05, 0) is 43.7 Å². The highest BCUT2D eigenvalue weighted by atomic mass is 79.9. The van der Waals surface area contributed by atoms with Crippen LogP contribution in [-0.2, 0) is 6.42 Å². The molecule has 0 fully saturated rings. The summed E-state index contributed by atoms with van der Waals surface area (Å²) < 4.78 is 0. The molecule has 0 saturated carbocycles. The van der Waals surface area contributed by atoms with E-state index >= 15 is 0 Å². The molecule has 1 rings (SSSR count). The van der Waals surface area contributed by atoms with Crippen molar-refractivity contribution in [2.75, 3.05) is 0 Å². The molecule has 90 valence electrons. The molecule has 0 aliphatic rings. The summed E-state index contributed by atoms with van der Waals surface area (Å²) in [4.78, 5) is 0.614. The van der Waals surface area contributed by atoms with Crippen LogP contribution in [0.5, 0.6) is 0 Å². The van der Waals surface area contributed by atoms with E-state index in [1.807, 2.05) is 0 Å². The minimum atomic E-state index is 0.614. The van der Waals surface area contributed by atoms with Gasteiger partial charge in [-0.1, -0.05) is 60.0 Å². The molecule has 0 amide bonds. The maximum atomic E-state index is 3.81. The van der Waals surface area contributed by atoms with Gasteiger partial charge in [-0.3, -0.25) is 0 Å². The van der Waals surface area contributed by atoms with E-state index in [4.69, 9.17) is 0 Å². The van der Waals surface area contributed by atoms with Gasteiger partial charge < -0.3 is 0 Å². The van der Waals surface area contributed by atoms with Crippen molar-refractivity contribution in [2.24, 2.45) is 5.92 Å². The Hall–Kier alpha value is -0.300. The molecule has 0 nitrogen and oxygen atoms in total. The number of hydrogen-bond donors (Lipinski definition) is 0. The quantitative estimate of drug-likeness (QED) is 0.664. The number of alkyl halides is 1. The summed E-state index contributed by atoms with van der Waals surface area (Å²) in [7, 11) is 0. The fourth-order valence-corrected chi connectivity index (χ4v) is 2.93. The predicted octanol–water partition coefficient (Wildman–Crippen LogP) is 5.05. The molecule has 0 aromatic heterocycles. The zero-order valence-corrected chi connectivity index (χ0v) is 12.5. The first-order chi connectivity index (χ1) is 7.52. The predicted molar refractivity (Wildman–Crippen MR) is 76.4 cm³/mol. The van der Waals surface area contributed by atoms with Crippen LogP contribution in [0.3, 0.4) is 0 Å². The lowest BCUT2D eigenvalue weighted by Gasteiger charge is -2.16. The minimum absolute atomic E-state index is 0.614. The van der Waals surface area contributed by atoms with Gasteiger partial charge in [-0.2, -0.15) is 0 Å². The molecule has 0 bridgehead atoms. The van der Waals surface area contributed by atoms with E-state index in [1.165, 1.54) is 29.5 Å². The van der Waals surface area contributed by atoms with Crippen LogP contribution in [0.25, 0.3) is 0 Å². The summed E-state index contributed by atoms with van der Waals surface area (Å²) >= 11 is 3.81. The normalized spacial score (nSPS) is 14.8. The topological polar surface area (TPSA) is 0 Å². The second kappa shape index (κ2) is 6.44. The lowest BCUT2D eigenvalue weighted by molar-refractivity contribution is 0.507. The molecule has 0 radical (unpaired) electrons. The Kier molecular flexibility index (Phi) is 5.54. The summed E-state index contributed by atoms with van der Waals surface area (Å²) in [5, 5.41) is 0. The molecule has 0 N–H and O–H groups in total. The lowest BCUT2D eigenvalue weighted by atomic mass is 9.96. The fraction of sp³-hybridized carbons (Fsp3) is 0.600. The molecule has 0 heterocycles. The Balaban J connectivity index is 2.61. The van der Waals surface area contributed by atoms with Crippen LogP contribution in [0.15, 0.2) is 18.2 Å². The highest BCUT2D eigenvalue weighted by molar-refractivity contribution is 9.09. The van der Waals surface area contributed by atoms with Crippen LogP contribution in [0, 0.1) is 19.8 Å². The molecule has 0 aliphatic heterocycles. The van der Waals surface area contributed by atoms with E-state index in [1.54, 1.807) is 0 Å². The summed E-state index contributed by atoms with van der Waals surface area (Å²) in [6.07, 6.45) is 3.69. The van der Waals surface area contributed by atoms with Gasteiger partial charge in [-0.15, -0.1) is 0 Å². The van der Waals surface area contributed by atoms with Crippen molar-refractivity contribution in [3.63, 3.8) is 0 Å². The summed E-state index contributed by atoms with van der Waals surface area (Å²) in [5.74, 6) is 0.814. The zero-order valence-electron chi connectivity index (χ0n) is 10.9. The van der Waals surface area contributed by atoms with Crippen LogP contribution in [0.4, 0.5) is 0 Å². The van der Waals surface area contributed by atoms with Crippen LogP contribution in [-0.4, -0.2) is 4.83 Å². The molecular weight excluding hydrogens is 260 g/mol. The van der Waals surface area contributed by atoms with Crippen LogP contribution in [0.1, 0.15) is 43.4 Å². The maximum absolute atomic E-state index is 3.81. The largest absolute Gasteiger partial charge is 0.0887 e. The number of aryl methyl sites for hydroxylation is 2. The monoisotopic (exact) mass is 282 g/mol. The standard InChI is InChI=1S/C15H23Br/c1-5-11(2)9-15(16)10-14-8-12(3)6-7-13(14)4/h6-8,11,15H,5,9-10H2,1-4H3. The average Bonchev–Trinajstić information content (AvgIpc) is 2.23. The minimum Gasteiger partial charge on any atom is -0.0887 e. The van der Waals surface area contributed by atoms with Crippen molar-refractivity contribution in [2.45, 2.75) is 51.8 Å². The van der Waals surface area contributed by atoms with Crippen LogP contribution < -0.4 is 0 Å². The summed E-state index contributed by atoms with van der Waals surface area (Å²) in [6.45, 7) is 8.97. The van der Waals surface area contributed by atoms with Crippen molar-refractivity contribution in [1.29, 1.82) is 0 Å². The van der Waals surface area contributed by atoms with Gasteiger partial charge in [0, 0.05) is 4.83 Å². The molecule has 0 aliphatic carbocycles. The summed E-state index contributed by atoms with van der Waals surface area (Å²) in [5.41, 5.74) is 4.27. The Labute approximate surface area is 109 Å². The number of benzene rings is 1. The second-order valence-corrected chi connectivity index (χ2v) is 6.28. The molecule has 2 atom stereocenters. The fourth-order valence-electron chi connectivity index (χ4n) is 1.95. The maximum Gasteiger partial charge on any atom is 0.0188 e. The first-order valence-electron chi connectivity index (χ1n) is 6.23. The van der Waals surface area contributed by atoms with E-state index < -0.39 is 0 Å². The van der Waals surface area contributed by atoms with Crippen molar-refractivity contribution >= 4 is 15.9 Å². The van der Waals surface area contributed by atoms with Crippen LogP contribution >= 0.6 is 15.9 Å². The third kappa shape index (κ3) is 4.29.